The van der Waals surface area contributed by atoms with Gasteiger partial charge in [0.05, 0.1) is 37.7 Å². The van der Waals surface area contributed by atoms with Crippen LogP contribution in [0.25, 0.3) is 0 Å². The fraction of sp³-hybridized carbons (Fsp3) is 0.250. The first-order chi connectivity index (χ1) is 11.5. The van der Waals surface area contributed by atoms with E-state index in [4.69, 9.17) is 4.74 Å². The molecule has 0 aliphatic heterocycles. The Labute approximate surface area is 142 Å². The molecule has 0 aliphatic rings. The number of benzene rings is 1. The summed E-state index contributed by atoms with van der Waals surface area (Å²) in [7, 11) is 2.76. The van der Waals surface area contributed by atoms with Crippen LogP contribution in [0.3, 0.4) is 0 Å². The highest BCUT2D eigenvalue weighted by atomic mass is 32.2. The molecule has 0 bridgehead atoms. The summed E-state index contributed by atoms with van der Waals surface area (Å²) in [6.07, 6.45) is -0.103. The number of carbonyl (C=O) groups is 2. The lowest BCUT2D eigenvalue weighted by atomic mass is 10.1. The first-order valence-electron chi connectivity index (χ1n) is 6.99. The number of ether oxygens (including phenoxy) is 2. The Bertz CT molecular complexity index is 803. The van der Waals surface area contributed by atoms with Gasteiger partial charge in [-0.25, -0.2) is 4.98 Å². The maximum absolute atomic E-state index is 12.3. The summed E-state index contributed by atoms with van der Waals surface area (Å²) in [6, 6.07) is 8.12. The number of H-pyrrole nitrogens is 1. The third-order valence-electron chi connectivity index (χ3n) is 3.07. The van der Waals surface area contributed by atoms with Crippen LogP contribution in [0.15, 0.2) is 40.3 Å². The van der Waals surface area contributed by atoms with E-state index in [9.17, 15) is 14.4 Å². The molecule has 2 aromatic rings. The average molecular weight is 348 g/mol. The van der Waals surface area contributed by atoms with Crippen molar-refractivity contribution in [2.24, 2.45) is 0 Å². The molecule has 0 fully saturated rings. The molecule has 1 aromatic carbocycles. The zero-order chi connectivity index (χ0) is 17.5. The standard InChI is InChI=1S/C16H16N2O5S/c1-22-13-6-4-3-5-11(13)12(19)9-24-16-17-10(7-14(20)18-16)8-15(21)23-2/h3-7H,8-9H2,1-2H3,(H,17,18,20). The topological polar surface area (TPSA) is 98.4 Å². The van der Waals surface area contributed by atoms with Crippen LogP contribution in [0.1, 0.15) is 16.1 Å². The molecule has 2 rings (SSSR count). The van der Waals surface area contributed by atoms with Gasteiger partial charge in [-0.3, -0.25) is 14.4 Å². The highest BCUT2D eigenvalue weighted by Crippen LogP contribution is 2.21. The van der Waals surface area contributed by atoms with Crippen molar-refractivity contribution >= 4 is 23.5 Å². The van der Waals surface area contributed by atoms with Gasteiger partial charge < -0.3 is 14.5 Å². The van der Waals surface area contributed by atoms with Crippen LogP contribution in [-0.2, 0) is 16.0 Å². The SMILES string of the molecule is COC(=O)Cc1cc(=O)[nH]c(SCC(=O)c2ccccc2OC)n1. The van der Waals surface area contributed by atoms with Crippen molar-refractivity contribution in [3.05, 3.63) is 51.9 Å². The first-order valence-corrected chi connectivity index (χ1v) is 7.98. The monoisotopic (exact) mass is 348 g/mol. The third kappa shape index (κ3) is 4.69. The molecule has 0 amide bonds. The summed E-state index contributed by atoms with van der Waals surface area (Å²) < 4.78 is 9.71. The maximum Gasteiger partial charge on any atom is 0.311 e. The van der Waals surface area contributed by atoms with Crippen LogP contribution in [0.5, 0.6) is 5.75 Å². The number of hydrogen-bond acceptors (Lipinski definition) is 7. The van der Waals surface area contributed by atoms with E-state index in [1.54, 1.807) is 24.3 Å². The number of esters is 1. The number of ketones is 1. The number of aromatic nitrogens is 2. The molecular formula is C16H16N2O5S. The third-order valence-corrected chi connectivity index (χ3v) is 3.95. The van der Waals surface area contributed by atoms with E-state index in [-0.39, 0.29) is 28.8 Å². The Balaban J connectivity index is 2.10. The minimum absolute atomic E-state index is 0.0744. The molecule has 1 N–H and O–H groups in total. The lowest BCUT2D eigenvalue weighted by Crippen LogP contribution is -2.14. The summed E-state index contributed by atoms with van der Waals surface area (Å²) in [5.74, 6) is -0.0815. The molecule has 0 atom stereocenters. The van der Waals surface area contributed by atoms with Gasteiger partial charge in [-0.2, -0.15) is 0 Å². The highest BCUT2D eigenvalue weighted by molar-refractivity contribution is 7.99. The minimum atomic E-state index is -0.492. The number of hydrogen-bond donors (Lipinski definition) is 1. The van der Waals surface area contributed by atoms with Crippen molar-refractivity contribution in [3.63, 3.8) is 0 Å². The quantitative estimate of drug-likeness (QED) is 0.350. The van der Waals surface area contributed by atoms with Gasteiger partial charge in [-0.05, 0) is 12.1 Å². The number of aromatic amines is 1. The number of thioether (sulfide) groups is 1. The molecular weight excluding hydrogens is 332 g/mol. The van der Waals surface area contributed by atoms with Crippen molar-refractivity contribution in [2.75, 3.05) is 20.0 Å². The van der Waals surface area contributed by atoms with Crippen LogP contribution < -0.4 is 10.3 Å². The molecule has 0 radical (unpaired) electrons. The zero-order valence-corrected chi connectivity index (χ0v) is 14.0. The summed E-state index contributed by atoms with van der Waals surface area (Å²) >= 11 is 1.08. The molecule has 0 aliphatic carbocycles. The molecule has 1 heterocycles. The Morgan fingerprint density at radius 2 is 2.00 bits per heavy atom. The summed E-state index contributed by atoms with van der Waals surface area (Å²) in [5, 5.41) is 0.268. The zero-order valence-electron chi connectivity index (χ0n) is 13.2. The number of nitrogens with one attached hydrogen (secondary N) is 1. The molecule has 0 saturated heterocycles. The summed E-state index contributed by atoms with van der Waals surface area (Å²) in [6.45, 7) is 0. The highest BCUT2D eigenvalue weighted by Gasteiger charge is 2.13. The second-order valence-electron chi connectivity index (χ2n) is 4.71. The fourth-order valence-corrected chi connectivity index (χ4v) is 2.73. The molecule has 0 spiro atoms. The molecule has 0 saturated carbocycles. The molecule has 1 aromatic heterocycles. The summed E-state index contributed by atoms with van der Waals surface area (Å²) in [4.78, 5) is 41.9. The van der Waals surface area contributed by atoms with E-state index in [0.29, 0.717) is 11.3 Å². The number of para-hydroxylation sites is 1. The first kappa shape index (κ1) is 17.7. The van der Waals surface area contributed by atoms with Gasteiger partial charge in [0.15, 0.2) is 10.9 Å². The van der Waals surface area contributed by atoms with Crippen LogP contribution >= 0.6 is 11.8 Å². The van der Waals surface area contributed by atoms with E-state index < -0.39 is 11.5 Å². The van der Waals surface area contributed by atoms with E-state index in [2.05, 4.69) is 14.7 Å². The van der Waals surface area contributed by atoms with Gasteiger partial charge in [0.1, 0.15) is 5.75 Å². The number of methoxy groups -OCH3 is 2. The predicted molar refractivity (Wildman–Crippen MR) is 88.6 cm³/mol. The van der Waals surface area contributed by atoms with Crippen LogP contribution in [0, 0.1) is 0 Å². The van der Waals surface area contributed by atoms with E-state index in [0.717, 1.165) is 11.8 Å². The van der Waals surface area contributed by atoms with Gasteiger partial charge in [0.25, 0.3) is 5.56 Å². The lowest BCUT2D eigenvalue weighted by molar-refractivity contribution is -0.139. The van der Waals surface area contributed by atoms with Crippen molar-refractivity contribution in [1.82, 2.24) is 9.97 Å². The molecule has 24 heavy (non-hydrogen) atoms. The minimum Gasteiger partial charge on any atom is -0.496 e. The van der Waals surface area contributed by atoms with Crippen molar-refractivity contribution in [2.45, 2.75) is 11.6 Å². The van der Waals surface area contributed by atoms with Gasteiger partial charge >= 0.3 is 5.97 Å². The number of carbonyl (C=O) groups excluding carboxylic acids is 2. The molecule has 126 valence electrons. The second-order valence-corrected chi connectivity index (χ2v) is 5.67. The van der Waals surface area contributed by atoms with Gasteiger partial charge in [-0.1, -0.05) is 23.9 Å². The van der Waals surface area contributed by atoms with Crippen LogP contribution in [0.2, 0.25) is 0 Å². The van der Waals surface area contributed by atoms with E-state index in [1.807, 2.05) is 0 Å². The Hall–Kier alpha value is -2.61. The van der Waals surface area contributed by atoms with Crippen molar-refractivity contribution < 1.29 is 19.1 Å². The number of rotatable bonds is 7. The summed E-state index contributed by atoms with van der Waals surface area (Å²) in [5.41, 5.74) is 0.356. The predicted octanol–water partition coefficient (Wildman–Crippen LogP) is 1.47. The van der Waals surface area contributed by atoms with E-state index >= 15 is 0 Å². The smallest absolute Gasteiger partial charge is 0.311 e. The fourth-order valence-electron chi connectivity index (χ4n) is 1.95. The normalized spacial score (nSPS) is 10.2. The number of Topliss-reactive ketones (excluding diaryl/α,β-unsaturated/α-hetero) is 1. The van der Waals surface area contributed by atoms with Crippen molar-refractivity contribution in [1.29, 1.82) is 0 Å². The molecule has 7 nitrogen and oxygen atoms in total. The van der Waals surface area contributed by atoms with Crippen LogP contribution in [-0.4, -0.2) is 41.7 Å². The Morgan fingerprint density at radius 1 is 1.25 bits per heavy atom. The van der Waals surface area contributed by atoms with Gasteiger partial charge in [0, 0.05) is 6.07 Å². The van der Waals surface area contributed by atoms with Crippen molar-refractivity contribution in [3.8, 4) is 5.75 Å². The number of nitrogens with zero attached hydrogens (tertiary/aromatic N) is 1. The second kappa shape index (κ2) is 8.30. The van der Waals surface area contributed by atoms with E-state index in [1.165, 1.54) is 20.3 Å². The largest absolute Gasteiger partial charge is 0.496 e. The van der Waals surface area contributed by atoms with Gasteiger partial charge in [-0.15, -0.1) is 0 Å². The van der Waals surface area contributed by atoms with Gasteiger partial charge in [0.2, 0.25) is 0 Å². The Morgan fingerprint density at radius 3 is 2.71 bits per heavy atom. The lowest BCUT2D eigenvalue weighted by Gasteiger charge is -2.07. The average Bonchev–Trinajstić information content (AvgIpc) is 2.59. The molecule has 0 unspecified atom stereocenters. The maximum atomic E-state index is 12.3. The Kier molecular flexibility index (Phi) is 6.14. The van der Waals surface area contributed by atoms with Crippen LogP contribution in [0.4, 0.5) is 0 Å². The molecule has 8 heteroatoms.